The number of benzene rings is 2. The Hall–Kier alpha value is -3.19. The topological polar surface area (TPSA) is 74.1 Å². The van der Waals surface area contributed by atoms with Crippen LogP contribution >= 0.6 is 0 Å². The lowest BCUT2D eigenvalue weighted by Gasteiger charge is -2.28. The van der Waals surface area contributed by atoms with Gasteiger partial charge in [-0.3, -0.25) is 9.59 Å². The molecule has 2 aromatic rings. The van der Waals surface area contributed by atoms with E-state index >= 15 is 0 Å². The van der Waals surface area contributed by atoms with Gasteiger partial charge in [-0.25, -0.2) is 4.39 Å². The van der Waals surface area contributed by atoms with Crippen LogP contribution in [0.1, 0.15) is 44.4 Å². The Bertz CT molecular complexity index is 1020. The zero-order chi connectivity index (χ0) is 24.0. The molecule has 0 bridgehead atoms. The maximum absolute atomic E-state index is 13.4. The molecule has 1 amide bonds. The van der Waals surface area contributed by atoms with Crippen molar-refractivity contribution in [2.24, 2.45) is 0 Å². The number of nitrogens with one attached hydrogen (secondary N) is 1. The molecule has 1 heterocycles. The Morgan fingerprint density at radius 3 is 2.42 bits per heavy atom. The summed E-state index contributed by atoms with van der Waals surface area (Å²) in [6.07, 6.45) is 0.837. The van der Waals surface area contributed by atoms with Gasteiger partial charge in [0, 0.05) is 5.57 Å². The van der Waals surface area contributed by atoms with E-state index in [0.29, 0.717) is 31.0 Å². The number of quaternary nitrogens is 1. The highest BCUT2D eigenvalue weighted by molar-refractivity contribution is 6.46. The van der Waals surface area contributed by atoms with E-state index < -0.39 is 29.3 Å². The van der Waals surface area contributed by atoms with E-state index in [-0.39, 0.29) is 11.1 Å². The summed E-state index contributed by atoms with van der Waals surface area (Å²) in [7, 11) is 0. The van der Waals surface area contributed by atoms with E-state index in [2.05, 4.69) is 13.8 Å². The normalized spacial score (nSPS) is 17.7. The van der Waals surface area contributed by atoms with Crippen molar-refractivity contribution in [3.8, 4) is 5.75 Å². The van der Waals surface area contributed by atoms with Crippen molar-refractivity contribution in [1.29, 1.82) is 0 Å². The van der Waals surface area contributed by atoms with Gasteiger partial charge in [-0.15, -0.1) is 0 Å². The maximum atomic E-state index is 13.4. The zero-order valence-corrected chi connectivity index (χ0v) is 19.4. The molecule has 7 heteroatoms. The Kier molecular flexibility index (Phi) is 8.22. The lowest BCUT2D eigenvalue weighted by Crippen LogP contribution is -3.12. The fourth-order valence-corrected chi connectivity index (χ4v) is 4.08. The first-order chi connectivity index (χ1) is 15.9. The highest BCUT2D eigenvalue weighted by atomic mass is 19.1. The van der Waals surface area contributed by atoms with Gasteiger partial charge in [0.1, 0.15) is 11.6 Å². The molecule has 0 radical (unpaired) electrons. The second-order valence-electron chi connectivity index (χ2n) is 8.11. The van der Waals surface area contributed by atoms with Crippen molar-refractivity contribution in [2.45, 2.75) is 33.2 Å². The predicted octanol–water partition coefficient (Wildman–Crippen LogP) is 1.76. The molecule has 2 aromatic carbocycles. The highest BCUT2D eigenvalue weighted by Crippen LogP contribution is 2.39. The lowest BCUT2D eigenvalue weighted by molar-refractivity contribution is -0.895. The second-order valence-corrected chi connectivity index (χ2v) is 8.11. The monoisotopic (exact) mass is 454 g/mol. The number of likely N-dealkylation sites (N-methyl/N-ethyl adjacent to an activating group) is 1. The average Bonchev–Trinajstić information content (AvgIpc) is 3.08. The second kappa shape index (κ2) is 11.1. The lowest BCUT2D eigenvalue weighted by atomic mass is 9.95. The van der Waals surface area contributed by atoms with Crippen LogP contribution in [0.3, 0.4) is 0 Å². The smallest absolute Gasteiger partial charge is 0.295 e. The average molecular weight is 455 g/mol. The number of nitrogens with zero attached hydrogens (tertiary/aromatic N) is 1. The summed E-state index contributed by atoms with van der Waals surface area (Å²) in [5.41, 5.74) is 0.712. The van der Waals surface area contributed by atoms with E-state index in [1.807, 2.05) is 13.0 Å². The SMILES string of the molecule is CCCOc1cccc(C2C(=C([O-])c3ccc(F)cc3)C(=O)C(=O)N2CC[NH+](CC)CC)c1. The summed E-state index contributed by atoms with van der Waals surface area (Å²) in [6, 6.07) is 11.4. The van der Waals surface area contributed by atoms with Gasteiger partial charge in [-0.2, -0.15) is 0 Å². The fraction of sp³-hybridized carbons (Fsp3) is 0.385. The minimum Gasteiger partial charge on any atom is -0.872 e. The molecule has 0 aliphatic carbocycles. The van der Waals surface area contributed by atoms with Gasteiger partial charge in [0.25, 0.3) is 5.91 Å². The number of ether oxygens (including phenoxy) is 1. The van der Waals surface area contributed by atoms with Gasteiger partial charge in [0.05, 0.1) is 38.8 Å². The molecular weight excluding hydrogens is 423 g/mol. The van der Waals surface area contributed by atoms with Gasteiger partial charge in [0.2, 0.25) is 5.78 Å². The molecular formula is C26H31FN2O4. The number of halogens is 1. The molecule has 1 atom stereocenters. The Morgan fingerprint density at radius 2 is 1.79 bits per heavy atom. The quantitative estimate of drug-likeness (QED) is 0.337. The Morgan fingerprint density at radius 1 is 1.09 bits per heavy atom. The van der Waals surface area contributed by atoms with Gasteiger partial charge in [-0.05, 0) is 55.7 Å². The van der Waals surface area contributed by atoms with E-state index in [1.54, 1.807) is 18.2 Å². The van der Waals surface area contributed by atoms with Gasteiger partial charge in [-0.1, -0.05) is 36.9 Å². The highest BCUT2D eigenvalue weighted by Gasteiger charge is 2.44. The molecule has 33 heavy (non-hydrogen) atoms. The van der Waals surface area contributed by atoms with Crippen molar-refractivity contribution in [3.63, 3.8) is 0 Å². The van der Waals surface area contributed by atoms with Crippen LogP contribution in [-0.4, -0.2) is 49.4 Å². The van der Waals surface area contributed by atoms with Crippen molar-refractivity contribution < 1.29 is 28.7 Å². The molecule has 0 saturated carbocycles. The van der Waals surface area contributed by atoms with E-state index in [0.717, 1.165) is 19.5 Å². The number of rotatable bonds is 10. The molecule has 176 valence electrons. The number of amides is 1. The first kappa shape index (κ1) is 24.5. The standard InChI is InChI=1S/C26H31FN2O4/c1-4-16-33-21-9-7-8-19(17-21)23-22(24(30)18-10-12-20(27)13-11-18)25(31)26(32)29(23)15-14-28(5-2)6-3/h7-13,17,23,30H,4-6,14-16H2,1-3H3. The van der Waals surface area contributed by atoms with Crippen molar-refractivity contribution in [3.05, 3.63) is 71.0 Å². The van der Waals surface area contributed by atoms with Crippen LogP contribution in [0.15, 0.2) is 54.1 Å². The van der Waals surface area contributed by atoms with Gasteiger partial charge >= 0.3 is 0 Å². The molecule has 1 N–H and O–H groups in total. The number of hydrogen-bond donors (Lipinski definition) is 1. The summed E-state index contributed by atoms with van der Waals surface area (Å²) in [5.74, 6) is -1.91. The number of carbonyl (C=O) groups is 2. The molecule has 6 nitrogen and oxygen atoms in total. The maximum Gasteiger partial charge on any atom is 0.295 e. The summed E-state index contributed by atoms with van der Waals surface area (Å²) >= 11 is 0. The van der Waals surface area contributed by atoms with E-state index in [1.165, 1.54) is 34.1 Å². The minimum atomic E-state index is -0.817. The molecule has 3 rings (SSSR count). The summed E-state index contributed by atoms with van der Waals surface area (Å²) in [5, 5.41) is 13.4. The van der Waals surface area contributed by atoms with Crippen molar-refractivity contribution in [1.82, 2.24) is 4.90 Å². The number of ketones is 1. The molecule has 1 aliphatic rings. The predicted molar refractivity (Wildman–Crippen MR) is 122 cm³/mol. The molecule has 1 aliphatic heterocycles. The molecule has 1 fully saturated rings. The molecule has 0 aromatic heterocycles. The van der Waals surface area contributed by atoms with Crippen LogP contribution < -0.4 is 14.7 Å². The first-order valence-corrected chi connectivity index (χ1v) is 11.5. The largest absolute Gasteiger partial charge is 0.872 e. The third-order valence-corrected chi connectivity index (χ3v) is 5.99. The van der Waals surface area contributed by atoms with Crippen LogP contribution in [0.4, 0.5) is 4.39 Å². The fourth-order valence-electron chi connectivity index (χ4n) is 4.08. The van der Waals surface area contributed by atoms with Crippen molar-refractivity contribution >= 4 is 17.4 Å². The minimum absolute atomic E-state index is 0.103. The van der Waals surface area contributed by atoms with Gasteiger partial charge in [0.15, 0.2) is 0 Å². The van der Waals surface area contributed by atoms with Crippen LogP contribution in [-0.2, 0) is 9.59 Å². The summed E-state index contributed by atoms with van der Waals surface area (Å²) in [6.45, 7) is 9.45. The molecule has 0 spiro atoms. The number of hydrogen-bond acceptors (Lipinski definition) is 4. The van der Waals surface area contributed by atoms with Crippen molar-refractivity contribution in [2.75, 3.05) is 32.8 Å². The number of likely N-dealkylation sites (tertiary alicyclic amines) is 1. The van der Waals surface area contributed by atoms with E-state index in [4.69, 9.17) is 4.74 Å². The number of carbonyl (C=O) groups excluding carboxylic acids is 2. The number of Topliss-reactive ketones (excluding diaryl/α,β-unsaturated/α-hetero) is 1. The summed E-state index contributed by atoms with van der Waals surface area (Å²) < 4.78 is 19.1. The van der Waals surface area contributed by atoms with Crippen LogP contribution in [0, 0.1) is 5.82 Å². The summed E-state index contributed by atoms with van der Waals surface area (Å²) in [4.78, 5) is 28.9. The third-order valence-electron chi connectivity index (χ3n) is 5.99. The van der Waals surface area contributed by atoms with Crippen LogP contribution in [0.25, 0.3) is 5.76 Å². The van der Waals surface area contributed by atoms with E-state index in [9.17, 15) is 19.1 Å². The molecule has 1 unspecified atom stereocenters. The first-order valence-electron chi connectivity index (χ1n) is 11.5. The van der Waals surface area contributed by atoms with Crippen LogP contribution in [0.2, 0.25) is 0 Å². The van der Waals surface area contributed by atoms with Gasteiger partial charge < -0.3 is 19.6 Å². The Labute approximate surface area is 194 Å². The van der Waals surface area contributed by atoms with Crippen LogP contribution in [0.5, 0.6) is 5.75 Å². The zero-order valence-electron chi connectivity index (χ0n) is 19.4. The Balaban J connectivity index is 2.08. The third kappa shape index (κ3) is 5.42. The molecule has 1 saturated heterocycles.